The number of anilines is 1. The zero-order chi connectivity index (χ0) is 12.8. The Kier molecular flexibility index (Phi) is 2.80. The molecule has 2 heteroatoms. The third-order valence-electron chi connectivity index (χ3n) is 5.39. The van der Waals surface area contributed by atoms with Gasteiger partial charge in [-0.1, -0.05) is 6.07 Å². The molecule has 1 aliphatic carbocycles. The van der Waals surface area contributed by atoms with Gasteiger partial charge in [-0.3, -0.25) is 0 Å². The Morgan fingerprint density at radius 2 is 1.68 bits per heavy atom. The molecule has 3 aliphatic rings. The highest BCUT2D eigenvalue weighted by Gasteiger charge is 2.37. The highest BCUT2D eigenvalue weighted by atomic mass is 15.2. The summed E-state index contributed by atoms with van der Waals surface area (Å²) in [6, 6.07) is 9.04. The lowest BCUT2D eigenvalue weighted by Gasteiger charge is -2.49. The van der Waals surface area contributed by atoms with Gasteiger partial charge in [0.05, 0.1) is 0 Å². The lowest BCUT2D eigenvalue weighted by Crippen LogP contribution is -2.55. The molecule has 0 amide bonds. The Labute approximate surface area is 116 Å². The first-order chi connectivity index (χ1) is 9.31. The van der Waals surface area contributed by atoms with E-state index in [-0.39, 0.29) is 0 Å². The maximum atomic E-state index is 6.23. The average molecular weight is 256 g/mol. The molecule has 0 saturated carbocycles. The van der Waals surface area contributed by atoms with Crippen molar-refractivity contribution in [3.63, 3.8) is 0 Å². The minimum absolute atomic E-state index is 0.431. The molecule has 0 spiro atoms. The van der Waals surface area contributed by atoms with Crippen LogP contribution in [0.2, 0.25) is 0 Å². The van der Waals surface area contributed by atoms with Gasteiger partial charge in [-0.25, -0.2) is 0 Å². The van der Waals surface area contributed by atoms with Crippen LogP contribution in [0, 0.1) is 0 Å². The fourth-order valence-corrected chi connectivity index (χ4v) is 4.56. The maximum absolute atomic E-state index is 6.23. The smallest absolute Gasteiger partial charge is 0.0374 e. The van der Waals surface area contributed by atoms with Crippen molar-refractivity contribution >= 4 is 5.69 Å². The van der Waals surface area contributed by atoms with Gasteiger partial charge in [-0.15, -0.1) is 0 Å². The van der Waals surface area contributed by atoms with E-state index in [2.05, 4.69) is 23.1 Å². The predicted molar refractivity (Wildman–Crippen MR) is 79.6 cm³/mol. The van der Waals surface area contributed by atoms with Crippen molar-refractivity contribution in [2.75, 3.05) is 4.90 Å². The summed E-state index contributed by atoms with van der Waals surface area (Å²) in [6.45, 7) is 0. The number of aryl methyl sites for hydroxylation is 2. The summed E-state index contributed by atoms with van der Waals surface area (Å²) in [6.07, 6.45) is 10.4. The second-order valence-electron chi connectivity index (χ2n) is 6.68. The van der Waals surface area contributed by atoms with Crippen molar-refractivity contribution in [1.29, 1.82) is 0 Å². The third-order valence-corrected chi connectivity index (χ3v) is 5.39. The van der Waals surface area contributed by atoms with E-state index >= 15 is 0 Å². The Morgan fingerprint density at radius 1 is 0.947 bits per heavy atom. The topological polar surface area (TPSA) is 29.3 Å². The number of hydrogen-bond acceptors (Lipinski definition) is 2. The Balaban J connectivity index is 1.67. The molecule has 2 saturated heterocycles. The first kappa shape index (κ1) is 11.8. The molecule has 2 bridgehead atoms. The molecule has 2 fully saturated rings. The molecule has 4 rings (SSSR count). The fraction of sp³-hybridized carbons (Fsp3) is 0.647. The van der Waals surface area contributed by atoms with Gasteiger partial charge >= 0.3 is 0 Å². The molecule has 0 aromatic heterocycles. The van der Waals surface area contributed by atoms with Gasteiger partial charge in [0, 0.05) is 23.8 Å². The molecule has 2 unspecified atom stereocenters. The Bertz CT molecular complexity index is 468. The molecule has 2 atom stereocenters. The van der Waals surface area contributed by atoms with Crippen molar-refractivity contribution in [3.8, 4) is 0 Å². The summed E-state index contributed by atoms with van der Waals surface area (Å²) in [5.74, 6) is 0. The van der Waals surface area contributed by atoms with E-state index in [1.54, 1.807) is 11.1 Å². The molecule has 2 N–H and O–H groups in total. The van der Waals surface area contributed by atoms with Gasteiger partial charge in [0.25, 0.3) is 0 Å². The summed E-state index contributed by atoms with van der Waals surface area (Å²) in [5.41, 5.74) is 10.9. The Hall–Kier alpha value is -1.02. The van der Waals surface area contributed by atoms with E-state index in [1.807, 2.05) is 0 Å². The molecule has 0 radical (unpaired) electrons. The summed E-state index contributed by atoms with van der Waals surface area (Å²) in [4.78, 5) is 2.71. The molecule has 2 heterocycles. The van der Waals surface area contributed by atoms with E-state index in [0.29, 0.717) is 18.1 Å². The first-order valence-electron chi connectivity index (χ1n) is 7.97. The lowest BCUT2D eigenvalue weighted by molar-refractivity contribution is 0.271. The van der Waals surface area contributed by atoms with Gasteiger partial charge in [-0.2, -0.15) is 0 Å². The van der Waals surface area contributed by atoms with Gasteiger partial charge in [0.2, 0.25) is 0 Å². The fourth-order valence-electron chi connectivity index (χ4n) is 4.56. The summed E-state index contributed by atoms with van der Waals surface area (Å²) >= 11 is 0. The van der Waals surface area contributed by atoms with E-state index in [0.717, 1.165) is 0 Å². The van der Waals surface area contributed by atoms with Crippen LogP contribution in [0.5, 0.6) is 0 Å². The molecule has 1 aromatic rings. The van der Waals surface area contributed by atoms with Crippen LogP contribution in [-0.2, 0) is 12.8 Å². The molecular formula is C17H24N2. The number of benzene rings is 1. The normalized spacial score (nSPS) is 33.3. The lowest BCUT2D eigenvalue weighted by atomic mass is 9.81. The molecule has 2 nitrogen and oxygen atoms in total. The number of piperidine rings is 2. The van der Waals surface area contributed by atoms with Gasteiger partial charge in [-0.05, 0) is 74.6 Å². The number of nitrogens with zero attached hydrogens (tertiary/aromatic N) is 1. The summed E-state index contributed by atoms with van der Waals surface area (Å²) < 4.78 is 0. The maximum Gasteiger partial charge on any atom is 0.0374 e. The van der Waals surface area contributed by atoms with Crippen molar-refractivity contribution in [1.82, 2.24) is 0 Å². The van der Waals surface area contributed by atoms with Crippen LogP contribution in [0.25, 0.3) is 0 Å². The van der Waals surface area contributed by atoms with Crippen molar-refractivity contribution in [3.05, 3.63) is 29.3 Å². The first-order valence-corrected chi connectivity index (χ1v) is 7.97. The SMILES string of the molecule is NC1CC2CCCC(C1)N2c1ccc2c(c1)CCC2. The predicted octanol–water partition coefficient (Wildman–Crippen LogP) is 3.02. The van der Waals surface area contributed by atoms with Crippen LogP contribution < -0.4 is 10.6 Å². The van der Waals surface area contributed by atoms with Crippen LogP contribution in [0.3, 0.4) is 0 Å². The molecule has 102 valence electrons. The van der Waals surface area contributed by atoms with Crippen LogP contribution >= 0.6 is 0 Å². The highest BCUT2D eigenvalue weighted by molar-refractivity contribution is 5.54. The van der Waals surface area contributed by atoms with Crippen LogP contribution in [0.15, 0.2) is 18.2 Å². The van der Waals surface area contributed by atoms with E-state index in [1.165, 1.54) is 57.1 Å². The monoisotopic (exact) mass is 256 g/mol. The molecular weight excluding hydrogens is 232 g/mol. The Morgan fingerprint density at radius 3 is 2.47 bits per heavy atom. The number of nitrogens with two attached hydrogens (primary N) is 1. The third kappa shape index (κ3) is 1.97. The van der Waals surface area contributed by atoms with Crippen LogP contribution in [0.4, 0.5) is 5.69 Å². The second-order valence-corrected chi connectivity index (χ2v) is 6.68. The standard InChI is InChI=1S/C17H24N2/c18-14-10-15-5-2-6-16(11-14)19(15)17-8-7-12-3-1-4-13(12)9-17/h7-9,14-16H,1-6,10-11,18H2. The van der Waals surface area contributed by atoms with E-state index < -0.39 is 0 Å². The van der Waals surface area contributed by atoms with Gasteiger partial charge in [0.15, 0.2) is 0 Å². The van der Waals surface area contributed by atoms with Gasteiger partial charge < -0.3 is 10.6 Å². The summed E-state index contributed by atoms with van der Waals surface area (Å²) in [7, 11) is 0. The van der Waals surface area contributed by atoms with E-state index in [9.17, 15) is 0 Å². The average Bonchev–Trinajstić information content (AvgIpc) is 2.84. The number of fused-ring (bicyclic) bond motifs is 3. The zero-order valence-corrected chi connectivity index (χ0v) is 11.6. The zero-order valence-electron chi connectivity index (χ0n) is 11.6. The van der Waals surface area contributed by atoms with Crippen molar-refractivity contribution in [2.45, 2.75) is 69.5 Å². The van der Waals surface area contributed by atoms with Crippen LogP contribution in [-0.4, -0.2) is 18.1 Å². The highest BCUT2D eigenvalue weighted by Crippen LogP contribution is 2.38. The van der Waals surface area contributed by atoms with Crippen LogP contribution in [0.1, 0.15) is 49.7 Å². The van der Waals surface area contributed by atoms with Gasteiger partial charge in [0.1, 0.15) is 0 Å². The molecule has 19 heavy (non-hydrogen) atoms. The minimum atomic E-state index is 0.431. The largest absolute Gasteiger partial charge is 0.365 e. The van der Waals surface area contributed by atoms with Crippen molar-refractivity contribution in [2.24, 2.45) is 5.73 Å². The number of rotatable bonds is 1. The minimum Gasteiger partial charge on any atom is -0.365 e. The second kappa shape index (κ2) is 4.52. The van der Waals surface area contributed by atoms with E-state index in [4.69, 9.17) is 5.73 Å². The molecule has 1 aromatic carbocycles. The summed E-state index contributed by atoms with van der Waals surface area (Å²) in [5, 5.41) is 0. The number of hydrogen-bond donors (Lipinski definition) is 1. The van der Waals surface area contributed by atoms with Crippen molar-refractivity contribution < 1.29 is 0 Å². The molecule has 2 aliphatic heterocycles. The quantitative estimate of drug-likeness (QED) is 0.837.